The number of rotatable bonds is 5. The smallest absolute Gasteiger partial charge is 0.308 e. The van der Waals surface area contributed by atoms with Gasteiger partial charge in [-0.25, -0.2) is 0 Å². The Bertz CT molecular complexity index is 1790. The number of carbonyl (C=O) groups excluding carboxylic acids is 3. The first-order valence-corrected chi connectivity index (χ1v) is 14.5. The van der Waals surface area contributed by atoms with Crippen LogP contribution in [0.15, 0.2) is 36.4 Å². The van der Waals surface area contributed by atoms with E-state index in [0.717, 1.165) is 11.1 Å². The first-order valence-electron chi connectivity index (χ1n) is 14.5. The van der Waals surface area contributed by atoms with Crippen LogP contribution in [0.3, 0.4) is 0 Å². The van der Waals surface area contributed by atoms with Gasteiger partial charge >= 0.3 is 5.97 Å². The Balaban J connectivity index is 1.54. The number of ketones is 2. The Morgan fingerprint density at radius 2 is 1.67 bits per heavy atom. The maximum atomic E-state index is 14.5. The van der Waals surface area contributed by atoms with E-state index < -0.39 is 60.6 Å². The highest BCUT2D eigenvalue weighted by Gasteiger charge is 2.44. The second kappa shape index (κ2) is 11.5. The molecule has 3 aromatic rings. The Morgan fingerprint density at radius 3 is 2.38 bits per heavy atom. The first-order chi connectivity index (χ1) is 21.4. The normalized spacial score (nSPS) is 23.9. The standard InChI is InChI=1S/C34H32O11/c1-14-22(45-34-33(42)32(41)29(38)15(2)43-34)12-21-26(28(14)37)31(40)25-20(13-35)11-23(44-16(3)36)24(27(25)30(21)39)19-9-8-17-6-4-5-7-18(17)10-19/h4-7,10-12,15,29,32-35,37-38,41-42H,8-9,13H2,1-3H3. The summed E-state index contributed by atoms with van der Waals surface area (Å²) in [6.07, 6.45) is -4.07. The summed E-state index contributed by atoms with van der Waals surface area (Å²) >= 11 is 0. The maximum absolute atomic E-state index is 14.5. The number of hydrogen-bond donors (Lipinski definition) is 5. The van der Waals surface area contributed by atoms with E-state index in [1.807, 2.05) is 30.3 Å². The van der Waals surface area contributed by atoms with Crippen LogP contribution in [0, 0.1) is 6.92 Å². The molecule has 5 unspecified atom stereocenters. The highest BCUT2D eigenvalue weighted by Crippen LogP contribution is 2.47. The molecule has 1 saturated heterocycles. The third kappa shape index (κ3) is 5.02. The number of fused-ring (bicyclic) bond motifs is 3. The molecule has 45 heavy (non-hydrogen) atoms. The van der Waals surface area contributed by atoms with Crippen molar-refractivity contribution < 1.29 is 54.1 Å². The van der Waals surface area contributed by atoms with E-state index in [0.29, 0.717) is 18.4 Å². The summed E-state index contributed by atoms with van der Waals surface area (Å²) in [7, 11) is 0. The van der Waals surface area contributed by atoms with E-state index in [9.17, 15) is 39.9 Å². The molecule has 11 nitrogen and oxygen atoms in total. The molecule has 3 aliphatic rings. The van der Waals surface area contributed by atoms with Gasteiger partial charge in [0.2, 0.25) is 6.29 Å². The molecule has 2 aliphatic carbocycles. The number of aryl methyl sites for hydroxylation is 1. The van der Waals surface area contributed by atoms with Gasteiger partial charge in [-0.15, -0.1) is 0 Å². The lowest BCUT2D eigenvalue weighted by atomic mass is 9.75. The van der Waals surface area contributed by atoms with Gasteiger partial charge in [0, 0.05) is 34.7 Å². The minimum Gasteiger partial charge on any atom is -0.507 e. The van der Waals surface area contributed by atoms with E-state index in [1.54, 1.807) is 0 Å². The predicted octanol–water partition coefficient (Wildman–Crippen LogP) is 2.59. The zero-order valence-corrected chi connectivity index (χ0v) is 24.7. The number of hydrogen-bond acceptors (Lipinski definition) is 11. The molecule has 5 N–H and O–H groups in total. The molecule has 11 heteroatoms. The van der Waals surface area contributed by atoms with Gasteiger partial charge in [0.25, 0.3) is 0 Å². The van der Waals surface area contributed by atoms with Crippen molar-refractivity contribution in [2.24, 2.45) is 0 Å². The fourth-order valence-corrected chi connectivity index (χ4v) is 6.28. The van der Waals surface area contributed by atoms with Crippen molar-refractivity contribution in [3.05, 3.63) is 86.5 Å². The monoisotopic (exact) mass is 616 g/mol. The summed E-state index contributed by atoms with van der Waals surface area (Å²) < 4.78 is 16.9. The molecular formula is C34H32O11. The summed E-state index contributed by atoms with van der Waals surface area (Å²) in [6, 6.07) is 10.3. The number of aliphatic hydroxyl groups is 4. The molecule has 0 aromatic heterocycles. The number of carbonyl (C=O) groups is 3. The Labute approximate surface area is 257 Å². The third-order valence-electron chi connectivity index (χ3n) is 8.65. The summed E-state index contributed by atoms with van der Waals surface area (Å²) in [5.74, 6) is -2.72. The zero-order valence-electron chi connectivity index (χ0n) is 24.7. The second-order valence-electron chi connectivity index (χ2n) is 11.5. The van der Waals surface area contributed by atoms with Gasteiger partial charge in [0.05, 0.1) is 18.3 Å². The largest absolute Gasteiger partial charge is 0.507 e. The zero-order chi connectivity index (χ0) is 32.3. The molecule has 1 heterocycles. The summed E-state index contributed by atoms with van der Waals surface area (Å²) in [6.45, 7) is 3.47. The Kier molecular flexibility index (Phi) is 7.84. The minimum absolute atomic E-state index is 0.00796. The topological polar surface area (TPSA) is 180 Å². The molecule has 0 amide bonds. The van der Waals surface area contributed by atoms with Gasteiger partial charge < -0.3 is 39.7 Å². The molecule has 0 bridgehead atoms. The van der Waals surface area contributed by atoms with Crippen LogP contribution < -0.4 is 9.47 Å². The second-order valence-corrected chi connectivity index (χ2v) is 11.5. The van der Waals surface area contributed by atoms with Crippen molar-refractivity contribution in [2.45, 2.75) is 70.9 Å². The first kappa shape index (κ1) is 30.6. The SMILES string of the molecule is CC(=O)Oc1cc(CO)c2c(c1C1=Cc3ccccc3CC1)C(=O)c1cc(OC3OC(C)C(O)C(O)C3O)c(C)c(O)c1C2=O. The van der Waals surface area contributed by atoms with Gasteiger partial charge in [0.15, 0.2) is 11.6 Å². The number of allylic oxidation sites excluding steroid dienone is 1. The van der Waals surface area contributed by atoms with Crippen molar-refractivity contribution in [3.8, 4) is 17.2 Å². The molecule has 0 spiro atoms. The minimum atomic E-state index is -1.67. The van der Waals surface area contributed by atoms with Gasteiger partial charge in [0.1, 0.15) is 35.6 Å². The number of benzene rings is 3. The van der Waals surface area contributed by atoms with E-state index in [4.69, 9.17) is 14.2 Å². The van der Waals surface area contributed by atoms with Crippen LogP contribution in [0.25, 0.3) is 11.6 Å². The fourth-order valence-electron chi connectivity index (χ4n) is 6.28. The van der Waals surface area contributed by atoms with Crippen LogP contribution >= 0.6 is 0 Å². The molecule has 0 saturated carbocycles. The lowest BCUT2D eigenvalue weighted by Gasteiger charge is -2.39. The van der Waals surface area contributed by atoms with Gasteiger partial charge in [-0.3, -0.25) is 14.4 Å². The van der Waals surface area contributed by atoms with E-state index in [1.165, 1.54) is 32.9 Å². The molecule has 5 atom stereocenters. The van der Waals surface area contributed by atoms with Crippen LogP contribution in [0.2, 0.25) is 0 Å². The summed E-state index contributed by atoms with van der Waals surface area (Å²) in [5.41, 5.74) is 2.25. The van der Waals surface area contributed by atoms with Crippen molar-refractivity contribution >= 4 is 29.2 Å². The number of phenols is 1. The number of aliphatic hydroxyl groups excluding tert-OH is 4. The number of esters is 1. The Hall–Kier alpha value is -4.39. The van der Waals surface area contributed by atoms with Gasteiger partial charge in [-0.2, -0.15) is 0 Å². The van der Waals surface area contributed by atoms with E-state index >= 15 is 0 Å². The van der Waals surface area contributed by atoms with Gasteiger partial charge in [-0.05, 0) is 61.1 Å². The third-order valence-corrected chi connectivity index (χ3v) is 8.65. The number of ether oxygens (including phenoxy) is 3. The number of phenolic OH excluding ortho intramolecular Hbond substituents is 1. The maximum Gasteiger partial charge on any atom is 0.308 e. The van der Waals surface area contributed by atoms with Crippen molar-refractivity contribution in [1.29, 1.82) is 0 Å². The summed E-state index contributed by atoms with van der Waals surface area (Å²) in [5, 5.41) is 52.4. The van der Waals surface area contributed by atoms with Crippen LogP contribution in [0.4, 0.5) is 0 Å². The molecule has 1 aliphatic heterocycles. The van der Waals surface area contributed by atoms with E-state index in [2.05, 4.69) is 0 Å². The van der Waals surface area contributed by atoms with Crippen molar-refractivity contribution in [1.82, 2.24) is 0 Å². The van der Waals surface area contributed by atoms with Crippen LogP contribution in [-0.4, -0.2) is 73.8 Å². The molecule has 0 radical (unpaired) electrons. The van der Waals surface area contributed by atoms with Crippen LogP contribution in [0.1, 0.15) is 79.9 Å². The van der Waals surface area contributed by atoms with Crippen LogP contribution in [0.5, 0.6) is 17.2 Å². The quantitative estimate of drug-likeness (QED) is 0.164. The summed E-state index contributed by atoms with van der Waals surface area (Å²) in [4.78, 5) is 40.8. The fraction of sp³-hybridized carbons (Fsp3) is 0.324. The highest BCUT2D eigenvalue weighted by atomic mass is 16.7. The average molecular weight is 617 g/mol. The Morgan fingerprint density at radius 1 is 0.933 bits per heavy atom. The number of aromatic hydroxyl groups is 1. The molecule has 3 aromatic carbocycles. The van der Waals surface area contributed by atoms with Crippen molar-refractivity contribution in [3.63, 3.8) is 0 Å². The van der Waals surface area contributed by atoms with E-state index in [-0.39, 0.29) is 50.4 Å². The molecule has 6 rings (SSSR count). The van der Waals surface area contributed by atoms with Crippen molar-refractivity contribution in [2.75, 3.05) is 0 Å². The van der Waals surface area contributed by atoms with Crippen LogP contribution in [-0.2, 0) is 22.6 Å². The molecular weight excluding hydrogens is 584 g/mol. The lowest BCUT2D eigenvalue weighted by molar-refractivity contribution is -0.268. The predicted molar refractivity (Wildman–Crippen MR) is 159 cm³/mol. The average Bonchev–Trinajstić information content (AvgIpc) is 3.02. The molecule has 1 fully saturated rings. The lowest BCUT2D eigenvalue weighted by Crippen LogP contribution is -2.58. The molecule has 234 valence electrons. The van der Waals surface area contributed by atoms with Gasteiger partial charge in [-0.1, -0.05) is 30.3 Å². The highest BCUT2D eigenvalue weighted by molar-refractivity contribution is 6.31.